The summed E-state index contributed by atoms with van der Waals surface area (Å²) in [6, 6.07) is 0.450. The van der Waals surface area contributed by atoms with E-state index in [1.807, 2.05) is 6.92 Å². The minimum atomic E-state index is 0.123. The van der Waals surface area contributed by atoms with Crippen molar-refractivity contribution in [3.05, 3.63) is 16.1 Å². The molecule has 0 radical (unpaired) electrons. The maximum absolute atomic E-state index is 11.9. The third kappa shape index (κ3) is 3.34. The van der Waals surface area contributed by atoms with Crippen molar-refractivity contribution in [3.63, 3.8) is 0 Å². The first kappa shape index (κ1) is 14.6. The van der Waals surface area contributed by atoms with Gasteiger partial charge in [0.2, 0.25) is 5.91 Å². The Morgan fingerprint density at radius 3 is 3.05 bits per heavy atom. The van der Waals surface area contributed by atoms with Gasteiger partial charge >= 0.3 is 0 Å². The molecule has 1 N–H and O–H groups in total. The number of amides is 1. The number of likely N-dealkylation sites (tertiary alicyclic amines) is 1. The Labute approximate surface area is 135 Å². The third-order valence-electron chi connectivity index (χ3n) is 4.77. The van der Waals surface area contributed by atoms with Crippen LogP contribution in [0.15, 0.2) is 5.38 Å². The van der Waals surface area contributed by atoms with E-state index in [-0.39, 0.29) is 12.0 Å². The van der Waals surface area contributed by atoms with Crippen LogP contribution in [-0.2, 0) is 16.1 Å². The van der Waals surface area contributed by atoms with Gasteiger partial charge in [0.25, 0.3) is 0 Å². The van der Waals surface area contributed by atoms with Gasteiger partial charge in [0, 0.05) is 36.1 Å². The molecule has 0 unspecified atom stereocenters. The number of carbonyl (C=O) groups is 1. The standard InChI is InChI=1S/C16H23N3O2S/c1-10-9-22-16(17-10)8-19-6-11-4-13(21-14(11)7-19)5-15(20)18-12-2-3-12/h9,11-14H,2-8H2,1H3,(H,18,20)/t11-,13-,14+/m0/s1. The summed E-state index contributed by atoms with van der Waals surface area (Å²) in [6.45, 7) is 5.02. The number of fused-ring (bicyclic) bond motifs is 1. The number of nitrogens with one attached hydrogen (secondary N) is 1. The van der Waals surface area contributed by atoms with Crippen LogP contribution in [0.25, 0.3) is 0 Å². The number of thiazole rings is 1. The molecule has 1 aromatic rings. The topological polar surface area (TPSA) is 54.5 Å². The largest absolute Gasteiger partial charge is 0.373 e. The van der Waals surface area contributed by atoms with Gasteiger partial charge in [0.05, 0.1) is 25.2 Å². The van der Waals surface area contributed by atoms with E-state index < -0.39 is 0 Å². The second-order valence-electron chi connectivity index (χ2n) is 6.91. The van der Waals surface area contributed by atoms with Gasteiger partial charge in [-0.3, -0.25) is 9.69 Å². The van der Waals surface area contributed by atoms with E-state index in [2.05, 4.69) is 20.6 Å². The van der Waals surface area contributed by atoms with Gasteiger partial charge in [-0.2, -0.15) is 0 Å². The van der Waals surface area contributed by atoms with Crippen LogP contribution in [0.4, 0.5) is 0 Å². The predicted molar refractivity (Wildman–Crippen MR) is 84.7 cm³/mol. The molecule has 3 aliphatic rings. The summed E-state index contributed by atoms with van der Waals surface area (Å²) < 4.78 is 6.11. The zero-order valence-corrected chi connectivity index (χ0v) is 13.8. The highest BCUT2D eigenvalue weighted by atomic mass is 32.1. The molecule has 2 aliphatic heterocycles. The van der Waals surface area contributed by atoms with Gasteiger partial charge in [0.15, 0.2) is 0 Å². The number of hydrogen-bond acceptors (Lipinski definition) is 5. The van der Waals surface area contributed by atoms with E-state index >= 15 is 0 Å². The van der Waals surface area contributed by atoms with Crippen LogP contribution >= 0.6 is 11.3 Å². The van der Waals surface area contributed by atoms with Gasteiger partial charge in [-0.1, -0.05) is 0 Å². The van der Waals surface area contributed by atoms with Crippen molar-refractivity contribution in [1.29, 1.82) is 0 Å². The van der Waals surface area contributed by atoms with Crippen molar-refractivity contribution in [3.8, 4) is 0 Å². The van der Waals surface area contributed by atoms with Crippen LogP contribution in [0.2, 0.25) is 0 Å². The van der Waals surface area contributed by atoms with Crippen LogP contribution in [0.3, 0.4) is 0 Å². The molecular weight excluding hydrogens is 298 g/mol. The Kier molecular flexibility index (Phi) is 3.92. The Balaban J connectivity index is 1.24. The minimum absolute atomic E-state index is 0.123. The Morgan fingerprint density at radius 2 is 2.36 bits per heavy atom. The molecule has 3 atom stereocenters. The molecule has 4 rings (SSSR count). The average Bonchev–Trinajstić information content (AvgIpc) is 2.85. The number of rotatable bonds is 5. The third-order valence-corrected chi connectivity index (χ3v) is 5.72. The summed E-state index contributed by atoms with van der Waals surface area (Å²) in [7, 11) is 0. The molecular formula is C16H23N3O2S. The summed E-state index contributed by atoms with van der Waals surface area (Å²) in [4.78, 5) is 18.8. The van der Waals surface area contributed by atoms with Crippen LogP contribution < -0.4 is 5.32 Å². The fraction of sp³-hybridized carbons (Fsp3) is 0.750. The summed E-state index contributed by atoms with van der Waals surface area (Å²) in [5.41, 5.74) is 1.11. The molecule has 1 saturated carbocycles. The lowest BCUT2D eigenvalue weighted by molar-refractivity contribution is -0.123. The molecule has 3 fully saturated rings. The van der Waals surface area contributed by atoms with Crippen LogP contribution in [-0.4, -0.2) is 47.1 Å². The van der Waals surface area contributed by atoms with Gasteiger partial charge in [-0.15, -0.1) is 11.3 Å². The predicted octanol–water partition coefficient (Wildman–Crippen LogP) is 1.71. The number of aromatic nitrogens is 1. The van der Waals surface area contributed by atoms with Crippen molar-refractivity contribution < 1.29 is 9.53 Å². The smallest absolute Gasteiger partial charge is 0.222 e. The molecule has 0 bridgehead atoms. The fourth-order valence-corrected chi connectivity index (χ4v) is 4.41. The van der Waals surface area contributed by atoms with Crippen LogP contribution in [0.5, 0.6) is 0 Å². The lowest BCUT2D eigenvalue weighted by atomic mass is 10.0. The van der Waals surface area contributed by atoms with E-state index in [4.69, 9.17) is 4.74 Å². The van der Waals surface area contributed by atoms with Crippen molar-refractivity contribution in [1.82, 2.24) is 15.2 Å². The van der Waals surface area contributed by atoms with Crippen LogP contribution in [0.1, 0.15) is 36.4 Å². The minimum Gasteiger partial charge on any atom is -0.373 e. The molecule has 5 nitrogen and oxygen atoms in total. The number of carbonyl (C=O) groups excluding carboxylic acids is 1. The van der Waals surface area contributed by atoms with Gasteiger partial charge in [0.1, 0.15) is 5.01 Å². The van der Waals surface area contributed by atoms with E-state index in [0.29, 0.717) is 24.5 Å². The number of aryl methyl sites for hydroxylation is 1. The quantitative estimate of drug-likeness (QED) is 0.897. The van der Waals surface area contributed by atoms with Gasteiger partial charge in [-0.25, -0.2) is 4.98 Å². The molecule has 3 heterocycles. The van der Waals surface area contributed by atoms with Crippen molar-refractivity contribution in [2.24, 2.45) is 5.92 Å². The van der Waals surface area contributed by atoms with Crippen molar-refractivity contribution in [2.45, 2.75) is 57.4 Å². The van der Waals surface area contributed by atoms with E-state index in [0.717, 1.165) is 44.6 Å². The zero-order chi connectivity index (χ0) is 15.1. The average molecular weight is 321 g/mol. The molecule has 0 aromatic carbocycles. The van der Waals surface area contributed by atoms with E-state index in [1.165, 1.54) is 5.01 Å². The van der Waals surface area contributed by atoms with E-state index in [9.17, 15) is 4.79 Å². The summed E-state index contributed by atoms with van der Waals surface area (Å²) in [6.07, 6.45) is 4.28. The second kappa shape index (κ2) is 5.91. The van der Waals surface area contributed by atoms with Gasteiger partial charge in [-0.05, 0) is 26.2 Å². The Bertz CT molecular complexity index is 543. The SMILES string of the molecule is Cc1csc(CN2C[C@@H]3C[C@@H](CC(=O)NC4CC4)O[C@@H]3C2)n1. The molecule has 120 valence electrons. The first-order valence-electron chi connectivity index (χ1n) is 8.24. The highest BCUT2D eigenvalue weighted by Gasteiger charge is 2.42. The highest BCUT2D eigenvalue weighted by Crippen LogP contribution is 2.35. The number of ether oxygens (including phenoxy) is 1. The van der Waals surface area contributed by atoms with Crippen LogP contribution in [0, 0.1) is 12.8 Å². The lowest BCUT2D eigenvalue weighted by Crippen LogP contribution is -2.30. The number of hydrogen-bond donors (Lipinski definition) is 1. The maximum atomic E-state index is 11.9. The zero-order valence-electron chi connectivity index (χ0n) is 13.0. The molecule has 6 heteroatoms. The Morgan fingerprint density at radius 1 is 1.50 bits per heavy atom. The molecule has 1 aromatic heterocycles. The normalized spacial score (nSPS) is 31.4. The summed E-state index contributed by atoms with van der Waals surface area (Å²) in [5.74, 6) is 0.752. The monoisotopic (exact) mass is 321 g/mol. The molecule has 22 heavy (non-hydrogen) atoms. The van der Waals surface area contributed by atoms with Crippen molar-refractivity contribution >= 4 is 17.2 Å². The molecule has 0 spiro atoms. The van der Waals surface area contributed by atoms with Crippen molar-refractivity contribution in [2.75, 3.05) is 13.1 Å². The summed E-state index contributed by atoms with van der Waals surface area (Å²) >= 11 is 1.74. The molecule has 1 amide bonds. The summed E-state index contributed by atoms with van der Waals surface area (Å²) in [5, 5.41) is 6.35. The lowest BCUT2D eigenvalue weighted by Gasteiger charge is -2.18. The second-order valence-corrected chi connectivity index (χ2v) is 7.86. The number of nitrogens with zero attached hydrogens (tertiary/aromatic N) is 2. The maximum Gasteiger partial charge on any atom is 0.222 e. The first-order chi connectivity index (χ1) is 10.7. The first-order valence-corrected chi connectivity index (χ1v) is 9.12. The Hall–Kier alpha value is -0.980. The molecule has 1 aliphatic carbocycles. The molecule has 2 saturated heterocycles. The van der Waals surface area contributed by atoms with E-state index in [1.54, 1.807) is 11.3 Å². The fourth-order valence-electron chi connectivity index (χ4n) is 3.60. The van der Waals surface area contributed by atoms with Gasteiger partial charge < -0.3 is 10.1 Å². The highest BCUT2D eigenvalue weighted by molar-refractivity contribution is 7.09.